The van der Waals surface area contributed by atoms with Crippen LogP contribution in [-0.4, -0.2) is 0 Å². The van der Waals surface area contributed by atoms with E-state index in [1.807, 2.05) is 0 Å². The second-order valence-corrected chi connectivity index (χ2v) is 4.30. The lowest BCUT2D eigenvalue weighted by molar-refractivity contribution is 0.562. The number of hydrogen-bond donors (Lipinski definition) is 1. The van der Waals surface area contributed by atoms with Gasteiger partial charge in [-0.05, 0) is 42.3 Å². The Morgan fingerprint density at radius 3 is 2.00 bits per heavy atom. The van der Waals surface area contributed by atoms with Crippen LogP contribution in [0.4, 0.5) is 17.6 Å². The maximum Gasteiger partial charge on any atom is 0.128 e. The molecule has 0 spiro atoms. The molecule has 0 heterocycles. The van der Waals surface area contributed by atoms with Gasteiger partial charge in [-0.25, -0.2) is 17.6 Å². The Balaban J connectivity index is 2.49. The first-order valence-electron chi connectivity index (χ1n) is 5.55. The molecule has 0 bridgehead atoms. The van der Waals surface area contributed by atoms with Crippen LogP contribution in [0.2, 0.25) is 0 Å². The van der Waals surface area contributed by atoms with Crippen molar-refractivity contribution in [2.24, 2.45) is 5.73 Å². The summed E-state index contributed by atoms with van der Waals surface area (Å²) in [5, 5.41) is 0. The molecule has 19 heavy (non-hydrogen) atoms. The molecule has 2 aromatic rings. The predicted molar refractivity (Wildman–Crippen MR) is 63.5 cm³/mol. The lowest BCUT2D eigenvalue weighted by Gasteiger charge is -2.14. The van der Waals surface area contributed by atoms with E-state index < -0.39 is 29.3 Å². The van der Waals surface area contributed by atoms with E-state index in [1.165, 1.54) is 6.92 Å². The molecule has 0 amide bonds. The van der Waals surface area contributed by atoms with Gasteiger partial charge in [0, 0.05) is 11.6 Å². The number of benzene rings is 2. The van der Waals surface area contributed by atoms with Crippen LogP contribution in [0.5, 0.6) is 0 Å². The van der Waals surface area contributed by atoms with E-state index in [2.05, 4.69) is 0 Å². The predicted octanol–water partition coefficient (Wildman–Crippen LogP) is 3.60. The van der Waals surface area contributed by atoms with Crippen LogP contribution in [0.1, 0.15) is 22.7 Å². The molecule has 0 aromatic heterocycles. The van der Waals surface area contributed by atoms with Crippen molar-refractivity contribution in [1.82, 2.24) is 0 Å². The summed E-state index contributed by atoms with van der Waals surface area (Å²) in [5.41, 5.74) is 5.77. The van der Waals surface area contributed by atoms with E-state index >= 15 is 0 Å². The fourth-order valence-electron chi connectivity index (χ4n) is 1.83. The number of halogens is 4. The van der Waals surface area contributed by atoms with Gasteiger partial charge in [-0.3, -0.25) is 0 Å². The zero-order valence-electron chi connectivity index (χ0n) is 10.1. The highest BCUT2D eigenvalue weighted by molar-refractivity contribution is 5.35. The molecule has 1 nitrogen and oxygen atoms in total. The van der Waals surface area contributed by atoms with E-state index in [0.717, 1.165) is 24.3 Å². The summed E-state index contributed by atoms with van der Waals surface area (Å²) < 4.78 is 53.3. The van der Waals surface area contributed by atoms with Crippen LogP contribution >= 0.6 is 0 Å². The molecule has 100 valence electrons. The molecule has 0 aliphatic rings. The van der Waals surface area contributed by atoms with E-state index in [4.69, 9.17) is 5.73 Å². The number of aryl methyl sites for hydroxylation is 1. The van der Waals surface area contributed by atoms with Gasteiger partial charge in [0.25, 0.3) is 0 Å². The average molecular weight is 269 g/mol. The van der Waals surface area contributed by atoms with E-state index in [0.29, 0.717) is 6.07 Å². The highest BCUT2D eigenvalue weighted by Crippen LogP contribution is 2.25. The summed E-state index contributed by atoms with van der Waals surface area (Å²) in [7, 11) is 0. The Kier molecular flexibility index (Phi) is 3.57. The molecule has 0 fully saturated rings. The fourth-order valence-corrected chi connectivity index (χ4v) is 1.83. The van der Waals surface area contributed by atoms with Crippen molar-refractivity contribution in [2.45, 2.75) is 13.0 Å². The van der Waals surface area contributed by atoms with Gasteiger partial charge in [0.15, 0.2) is 0 Å². The van der Waals surface area contributed by atoms with Gasteiger partial charge in [0.1, 0.15) is 23.3 Å². The molecule has 0 saturated carbocycles. The Labute approximate surface area is 107 Å². The zero-order chi connectivity index (χ0) is 14.2. The van der Waals surface area contributed by atoms with Crippen molar-refractivity contribution in [1.29, 1.82) is 0 Å². The van der Waals surface area contributed by atoms with Crippen molar-refractivity contribution in [3.05, 3.63) is 70.3 Å². The van der Waals surface area contributed by atoms with Crippen molar-refractivity contribution < 1.29 is 17.6 Å². The number of nitrogens with two attached hydrogens (primary N) is 1. The molecule has 2 N–H and O–H groups in total. The smallest absolute Gasteiger partial charge is 0.128 e. The third-order valence-electron chi connectivity index (χ3n) is 2.86. The molecule has 5 heteroatoms. The molecular weight excluding hydrogens is 258 g/mol. The van der Waals surface area contributed by atoms with Gasteiger partial charge in [0.05, 0.1) is 6.04 Å². The molecule has 0 radical (unpaired) electrons. The molecule has 0 aliphatic heterocycles. The van der Waals surface area contributed by atoms with Crippen LogP contribution in [0.15, 0.2) is 30.3 Å². The molecule has 1 atom stereocenters. The summed E-state index contributed by atoms with van der Waals surface area (Å²) in [6.45, 7) is 1.41. The van der Waals surface area contributed by atoms with Crippen LogP contribution in [0.3, 0.4) is 0 Å². The van der Waals surface area contributed by atoms with E-state index in [1.54, 1.807) is 0 Å². The van der Waals surface area contributed by atoms with E-state index in [-0.39, 0.29) is 16.7 Å². The summed E-state index contributed by atoms with van der Waals surface area (Å²) in [6.07, 6.45) is 0. The molecule has 2 rings (SSSR count). The summed E-state index contributed by atoms with van der Waals surface area (Å²) in [4.78, 5) is 0. The van der Waals surface area contributed by atoms with E-state index in [9.17, 15) is 17.6 Å². The topological polar surface area (TPSA) is 26.0 Å². The highest BCUT2D eigenvalue weighted by atomic mass is 19.1. The molecule has 1 unspecified atom stereocenters. The summed E-state index contributed by atoms with van der Waals surface area (Å²) in [5.74, 6) is -2.98. The summed E-state index contributed by atoms with van der Waals surface area (Å²) in [6, 6.07) is 3.47. The van der Waals surface area contributed by atoms with Crippen LogP contribution in [0, 0.1) is 30.2 Å². The standard InChI is InChI=1S/C14H11F4N/c1-7-2-13(18)11(6-12(7)17)14(19)8-3-9(15)5-10(16)4-8/h2-6,14H,19H2,1H3. The van der Waals surface area contributed by atoms with Gasteiger partial charge < -0.3 is 5.73 Å². The minimum absolute atomic E-state index is 0.0413. The first-order chi connectivity index (χ1) is 8.88. The van der Waals surface area contributed by atoms with Gasteiger partial charge in [-0.2, -0.15) is 0 Å². The number of rotatable bonds is 2. The number of hydrogen-bond acceptors (Lipinski definition) is 1. The maximum absolute atomic E-state index is 13.7. The van der Waals surface area contributed by atoms with Crippen LogP contribution in [0.25, 0.3) is 0 Å². The van der Waals surface area contributed by atoms with Gasteiger partial charge in [-0.15, -0.1) is 0 Å². The third-order valence-corrected chi connectivity index (χ3v) is 2.86. The second-order valence-electron chi connectivity index (χ2n) is 4.30. The second kappa shape index (κ2) is 5.01. The monoisotopic (exact) mass is 269 g/mol. The fraction of sp³-hybridized carbons (Fsp3) is 0.143. The van der Waals surface area contributed by atoms with Crippen molar-refractivity contribution in [2.75, 3.05) is 0 Å². The highest BCUT2D eigenvalue weighted by Gasteiger charge is 2.17. The molecule has 2 aromatic carbocycles. The van der Waals surface area contributed by atoms with Gasteiger partial charge in [-0.1, -0.05) is 0 Å². The van der Waals surface area contributed by atoms with Crippen LogP contribution < -0.4 is 5.73 Å². The Hall–Kier alpha value is -1.88. The minimum atomic E-state index is -1.14. The zero-order valence-corrected chi connectivity index (χ0v) is 10.1. The lowest BCUT2D eigenvalue weighted by atomic mass is 9.97. The Bertz CT molecular complexity index is 605. The summed E-state index contributed by atoms with van der Waals surface area (Å²) >= 11 is 0. The van der Waals surface area contributed by atoms with Crippen molar-refractivity contribution in [3.8, 4) is 0 Å². The van der Waals surface area contributed by atoms with Crippen molar-refractivity contribution >= 4 is 0 Å². The first kappa shape index (κ1) is 13.5. The first-order valence-corrected chi connectivity index (χ1v) is 5.55. The Morgan fingerprint density at radius 2 is 1.42 bits per heavy atom. The lowest BCUT2D eigenvalue weighted by Crippen LogP contribution is -2.15. The van der Waals surface area contributed by atoms with Crippen LogP contribution in [-0.2, 0) is 0 Å². The molecule has 0 aliphatic carbocycles. The Morgan fingerprint density at radius 1 is 0.842 bits per heavy atom. The largest absolute Gasteiger partial charge is 0.320 e. The maximum atomic E-state index is 13.7. The van der Waals surface area contributed by atoms with Gasteiger partial charge >= 0.3 is 0 Å². The molecule has 0 saturated heterocycles. The SMILES string of the molecule is Cc1cc(F)c(C(N)c2cc(F)cc(F)c2)cc1F. The average Bonchev–Trinajstić information content (AvgIpc) is 2.31. The quantitative estimate of drug-likeness (QED) is 0.828. The normalized spacial score (nSPS) is 12.5. The van der Waals surface area contributed by atoms with Crippen molar-refractivity contribution in [3.63, 3.8) is 0 Å². The molecular formula is C14H11F4N. The minimum Gasteiger partial charge on any atom is -0.320 e. The third kappa shape index (κ3) is 2.76. The van der Waals surface area contributed by atoms with Gasteiger partial charge in [0.2, 0.25) is 0 Å².